The molecule has 110 valence electrons. The van der Waals surface area contributed by atoms with Gasteiger partial charge >= 0.3 is 5.97 Å². The van der Waals surface area contributed by atoms with Crippen molar-refractivity contribution in [2.75, 3.05) is 27.2 Å². The van der Waals surface area contributed by atoms with E-state index in [0.29, 0.717) is 18.5 Å². The van der Waals surface area contributed by atoms with Crippen LogP contribution in [0.5, 0.6) is 0 Å². The Hall–Kier alpha value is -1.82. The standard InChI is InChI=1S/C14H21N3O3/c1-10-7-17(8-12(10)15(2)3)13(18)9-16-6-4-5-11(16)14(19)20/h4-6,10,12H,7-9H2,1-3H3,(H,19,20). The van der Waals surface area contributed by atoms with Gasteiger partial charge in [0.25, 0.3) is 0 Å². The van der Waals surface area contributed by atoms with E-state index in [2.05, 4.69) is 11.8 Å². The molecule has 1 aliphatic heterocycles. The van der Waals surface area contributed by atoms with E-state index < -0.39 is 5.97 Å². The van der Waals surface area contributed by atoms with Crippen LogP contribution < -0.4 is 0 Å². The summed E-state index contributed by atoms with van der Waals surface area (Å²) in [5.74, 6) is -0.610. The molecule has 0 spiro atoms. The summed E-state index contributed by atoms with van der Waals surface area (Å²) in [4.78, 5) is 27.3. The first-order valence-electron chi connectivity index (χ1n) is 6.72. The molecule has 0 saturated carbocycles. The van der Waals surface area contributed by atoms with Crippen LogP contribution in [0, 0.1) is 5.92 Å². The summed E-state index contributed by atoms with van der Waals surface area (Å²) in [7, 11) is 4.03. The summed E-state index contributed by atoms with van der Waals surface area (Å²) in [5, 5.41) is 9.04. The predicted molar refractivity (Wildman–Crippen MR) is 74.6 cm³/mol. The van der Waals surface area contributed by atoms with E-state index in [1.165, 1.54) is 10.6 Å². The van der Waals surface area contributed by atoms with Crippen molar-refractivity contribution in [2.45, 2.75) is 19.5 Å². The largest absolute Gasteiger partial charge is 0.477 e. The van der Waals surface area contributed by atoms with Gasteiger partial charge in [0.05, 0.1) is 0 Å². The van der Waals surface area contributed by atoms with Crippen LogP contribution in [0.2, 0.25) is 0 Å². The third-order valence-electron chi connectivity index (χ3n) is 3.94. The Kier molecular flexibility index (Phi) is 4.13. The number of carbonyl (C=O) groups is 2. The number of aromatic carboxylic acids is 1. The highest BCUT2D eigenvalue weighted by Crippen LogP contribution is 2.20. The zero-order valence-corrected chi connectivity index (χ0v) is 12.1. The number of carboxylic acids is 1. The van der Waals surface area contributed by atoms with Crippen molar-refractivity contribution in [1.29, 1.82) is 0 Å². The number of hydrogen-bond acceptors (Lipinski definition) is 3. The maximum atomic E-state index is 12.3. The summed E-state index contributed by atoms with van der Waals surface area (Å²) in [5.41, 5.74) is 0.148. The molecule has 1 saturated heterocycles. The Morgan fingerprint density at radius 2 is 2.10 bits per heavy atom. The lowest BCUT2D eigenvalue weighted by molar-refractivity contribution is -0.131. The van der Waals surface area contributed by atoms with Gasteiger partial charge in [-0.25, -0.2) is 4.79 Å². The second kappa shape index (κ2) is 5.66. The van der Waals surface area contributed by atoms with Crippen molar-refractivity contribution in [2.24, 2.45) is 5.92 Å². The Morgan fingerprint density at radius 1 is 1.40 bits per heavy atom. The summed E-state index contributed by atoms with van der Waals surface area (Å²) < 4.78 is 1.48. The fraction of sp³-hybridized carbons (Fsp3) is 0.571. The Morgan fingerprint density at radius 3 is 2.65 bits per heavy atom. The lowest BCUT2D eigenvalue weighted by Gasteiger charge is -2.22. The average Bonchev–Trinajstić information content (AvgIpc) is 2.95. The van der Waals surface area contributed by atoms with E-state index in [-0.39, 0.29) is 18.1 Å². The maximum Gasteiger partial charge on any atom is 0.352 e. The number of nitrogens with zero attached hydrogens (tertiary/aromatic N) is 3. The van der Waals surface area contributed by atoms with Crippen molar-refractivity contribution in [1.82, 2.24) is 14.4 Å². The normalized spacial score (nSPS) is 22.5. The number of carboxylic acid groups (broad SMARTS) is 1. The lowest BCUT2D eigenvalue weighted by Crippen LogP contribution is -2.37. The van der Waals surface area contributed by atoms with E-state index in [4.69, 9.17) is 5.11 Å². The molecular weight excluding hydrogens is 258 g/mol. The molecular formula is C14H21N3O3. The van der Waals surface area contributed by atoms with Crippen molar-refractivity contribution in [3.63, 3.8) is 0 Å². The van der Waals surface area contributed by atoms with Gasteiger partial charge in [-0.15, -0.1) is 0 Å². The molecule has 0 aromatic carbocycles. The zero-order chi connectivity index (χ0) is 14.9. The summed E-state index contributed by atoms with van der Waals surface area (Å²) in [6.45, 7) is 3.65. The summed E-state index contributed by atoms with van der Waals surface area (Å²) in [6, 6.07) is 3.51. The third-order valence-corrected chi connectivity index (χ3v) is 3.94. The highest BCUT2D eigenvalue weighted by molar-refractivity contribution is 5.87. The summed E-state index contributed by atoms with van der Waals surface area (Å²) >= 11 is 0. The van der Waals surface area contributed by atoms with Gasteiger partial charge in [0, 0.05) is 25.3 Å². The third kappa shape index (κ3) is 2.85. The van der Waals surface area contributed by atoms with Crippen molar-refractivity contribution >= 4 is 11.9 Å². The molecule has 1 fully saturated rings. The van der Waals surface area contributed by atoms with Crippen LogP contribution in [0.3, 0.4) is 0 Å². The average molecular weight is 279 g/mol. The van der Waals surface area contributed by atoms with Gasteiger partial charge in [0.2, 0.25) is 5.91 Å². The van der Waals surface area contributed by atoms with Crippen LogP contribution in [0.25, 0.3) is 0 Å². The monoisotopic (exact) mass is 279 g/mol. The molecule has 0 aliphatic carbocycles. The topological polar surface area (TPSA) is 65.8 Å². The lowest BCUT2D eigenvalue weighted by atomic mass is 10.1. The molecule has 2 unspecified atom stereocenters. The van der Waals surface area contributed by atoms with E-state index in [9.17, 15) is 9.59 Å². The van der Waals surface area contributed by atoms with Crippen LogP contribution >= 0.6 is 0 Å². The van der Waals surface area contributed by atoms with Crippen LogP contribution in [0.1, 0.15) is 17.4 Å². The number of rotatable bonds is 4. The fourth-order valence-corrected chi connectivity index (χ4v) is 2.82. The van der Waals surface area contributed by atoms with E-state index >= 15 is 0 Å². The predicted octanol–water partition coefficient (Wildman–Crippen LogP) is 0.595. The van der Waals surface area contributed by atoms with Crippen LogP contribution in [-0.4, -0.2) is 64.6 Å². The number of hydrogen-bond donors (Lipinski definition) is 1. The van der Waals surface area contributed by atoms with Gasteiger partial charge in [0.1, 0.15) is 12.2 Å². The minimum Gasteiger partial charge on any atom is -0.477 e. The van der Waals surface area contributed by atoms with Crippen molar-refractivity contribution < 1.29 is 14.7 Å². The number of likely N-dealkylation sites (N-methyl/N-ethyl adjacent to an activating group) is 1. The highest BCUT2D eigenvalue weighted by Gasteiger charge is 2.33. The molecule has 0 bridgehead atoms. The van der Waals surface area contributed by atoms with Gasteiger partial charge in [-0.05, 0) is 32.1 Å². The molecule has 1 amide bonds. The Balaban J connectivity index is 2.03. The number of likely N-dealkylation sites (tertiary alicyclic amines) is 1. The minimum absolute atomic E-state index is 0.0279. The van der Waals surface area contributed by atoms with Gasteiger partial charge < -0.3 is 19.5 Å². The van der Waals surface area contributed by atoms with Gasteiger partial charge in [-0.3, -0.25) is 4.79 Å². The fourth-order valence-electron chi connectivity index (χ4n) is 2.82. The van der Waals surface area contributed by atoms with Crippen molar-refractivity contribution in [3.05, 3.63) is 24.0 Å². The van der Waals surface area contributed by atoms with Gasteiger partial charge in [0.15, 0.2) is 0 Å². The first kappa shape index (κ1) is 14.6. The van der Waals surface area contributed by atoms with Crippen LogP contribution in [0.4, 0.5) is 0 Å². The molecule has 2 atom stereocenters. The molecule has 0 radical (unpaired) electrons. The SMILES string of the molecule is CC1CN(C(=O)Cn2cccc2C(=O)O)CC1N(C)C. The quantitative estimate of drug-likeness (QED) is 0.876. The maximum absolute atomic E-state index is 12.3. The van der Waals surface area contributed by atoms with Gasteiger partial charge in [-0.2, -0.15) is 0 Å². The molecule has 2 rings (SSSR count). The second-order valence-electron chi connectivity index (χ2n) is 5.63. The summed E-state index contributed by atoms with van der Waals surface area (Å²) in [6.07, 6.45) is 1.63. The molecule has 20 heavy (non-hydrogen) atoms. The smallest absolute Gasteiger partial charge is 0.352 e. The molecule has 1 N–H and O–H groups in total. The number of amides is 1. The van der Waals surface area contributed by atoms with Crippen LogP contribution in [0.15, 0.2) is 18.3 Å². The second-order valence-corrected chi connectivity index (χ2v) is 5.63. The van der Waals surface area contributed by atoms with E-state index in [1.807, 2.05) is 19.0 Å². The zero-order valence-electron chi connectivity index (χ0n) is 12.1. The molecule has 1 aromatic rings. The number of carbonyl (C=O) groups excluding carboxylic acids is 1. The molecule has 6 nitrogen and oxygen atoms in total. The highest BCUT2D eigenvalue weighted by atomic mass is 16.4. The van der Waals surface area contributed by atoms with Crippen LogP contribution in [-0.2, 0) is 11.3 Å². The Labute approximate surface area is 118 Å². The van der Waals surface area contributed by atoms with E-state index in [0.717, 1.165) is 6.54 Å². The molecule has 2 heterocycles. The minimum atomic E-state index is -1.01. The first-order chi connectivity index (χ1) is 9.40. The van der Waals surface area contributed by atoms with Crippen molar-refractivity contribution in [3.8, 4) is 0 Å². The van der Waals surface area contributed by atoms with Gasteiger partial charge in [-0.1, -0.05) is 6.92 Å². The first-order valence-corrected chi connectivity index (χ1v) is 6.72. The molecule has 1 aliphatic rings. The van der Waals surface area contributed by atoms with E-state index in [1.54, 1.807) is 12.3 Å². The number of aromatic nitrogens is 1. The molecule has 6 heteroatoms. The Bertz CT molecular complexity index is 510. The molecule has 1 aromatic heterocycles.